The van der Waals surface area contributed by atoms with Crippen LogP contribution in [0.15, 0.2) is 89.8 Å². The number of anilines is 1. The van der Waals surface area contributed by atoms with Gasteiger partial charge in [-0.05, 0) is 91.2 Å². The monoisotopic (exact) mass is 647 g/mol. The van der Waals surface area contributed by atoms with Crippen molar-refractivity contribution < 1.29 is 18.0 Å². The van der Waals surface area contributed by atoms with Crippen LogP contribution in [0.4, 0.5) is 5.69 Å². The van der Waals surface area contributed by atoms with Crippen molar-refractivity contribution in [1.82, 2.24) is 10.2 Å². The summed E-state index contributed by atoms with van der Waals surface area (Å²) in [5.74, 6) is -0.724. The molecule has 0 radical (unpaired) electrons. The van der Waals surface area contributed by atoms with Crippen molar-refractivity contribution in [2.24, 2.45) is 0 Å². The van der Waals surface area contributed by atoms with E-state index in [1.807, 2.05) is 44.2 Å². The minimum Gasteiger partial charge on any atom is -0.352 e. The minimum atomic E-state index is -4.05. The fraction of sp³-hybridized carbons (Fsp3) is 0.310. The first kappa shape index (κ1) is 29.6. The van der Waals surface area contributed by atoms with Gasteiger partial charge in [-0.25, -0.2) is 8.42 Å². The molecular formula is C29H34IN3O4S. The largest absolute Gasteiger partial charge is 0.352 e. The summed E-state index contributed by atoms with van der Waals surface area (Å²) in [5.41, 5.74) is 1.40. The van der Waals surface area contributed by atoms with E-state index in [0.29, 0.717) is 12.1 Å². The highest BCUT2D eigenvalue weighted by atomic mass is 127. The Bertz CT molecular complexity index is 1300. The molecule has 0 saturated carbocycles. The Balaban J connectivity index is 1.95. The Hall–Kier alpha value is -2.92. The highest BCUT2D eigenvalue weighted by molar-refractivity contribution is 14.1. The molecule has 1 N–H and O–H groups in total. The molecule has 0 spiro atoms. The lowest BCUT2D eigenvalue weighted by Crippen LogP contribution is -2.53. The number of carbonyl (C=O) groups excluding carboxylic acids is 2. The van der Waals surface area contributed by atoms with Crippen molar-refractivity contribution in [2.45, 2.75) is 50.6 Å². The van der Waals surface area contributed by atoms with Crippen LogP contribution in [-0.4, -0.2) is 50.3 Å². The van der Waals surface area contributed by atoms with Gasteiger partial charge in [-0.3, -0.25) is 13.9 Å². The molecular weight excluding hydrogens is 613 g/mol. The third kappa shape index (κ3) is 7.80. The zero-order valence-electron chi connectivity index (χ0n) is 21.9. The number of carbonyl (C=O) groups is 2. The van der Waals surface area contributed by atoms with E-state index in [4.69, 9.17) is 0 Å². The van der Waals surface area contributed by atoms with Crippen molar-refractivity contribution in [3.63, 3.8) is 0 Å². The molecule has 9 heteroatoms. The minimum absolute atomic E-state index is 0.0437. The highest BCUT2D eigenvalue weighted by Crippen LogP contribution is 2.25. The van der Waals surface area contributed by atoms with Gasteiger partial charge in [0.15, 0.2) is 0 Å². The maximum Gasteiger partial charge on any atom is 0.264 e. The van der Waals surface area contributed by atoms with Crippen LogP contribution in [0, 0.1) is 3.57 Å². The fourth-order valence-corrected chi connectivity index (χ4v) is 5.69. The molecule has 0 aliphatic heterocycles. The molecule has 3 aromatic rings. The molecule has 0 saturated heterocycles. The van der Waals surface area contributed by atoms with E-state index in [0.717, 1.165) is 19.9 Å². The van der Waals surface area contributed by atoms with E-state index in [1.54, 1.807) is 49.4 Å². The van der Waals surface area contributed by atoms with E-state index in [1.165, 1.54) is 17.0 Å². The first-order valence-corrected chi connectivity index (χ1v) is 15.1. The third-order valence-corrected chi connectivity index (χ3v) is 8.88. The zero-order valence-corrected chi connectivity index (χ0v) is 24.9. The molecule has 38 heavy (non-hydrogen) atoms. The van der Waals surface area contributed by atoms with Gasteiger partial charge in [0, 0.05) is 16.2 Å². The number of hydrogen-bond donors (Lipinski definition) is 1. The summed E-state index contributed by atoms with van der Waals surface area (Å²) in [6, 6.07) is 23.9. The van der Waals surface area contributed by atoms with E-state index in [2.05, 4.69) is 27.9 Å². The van der Waals surface area contributed by atoms with Gasteiger partial charge >= 0.3 is 0 Å². The maximum absolute atomic E-state index is 13.8. The van der Waals surface area contributed by atoms with E-state index >= 15 is 0 Å². The molecule has 0 bridgehead atoms. The number of nitrogens with one attached hydrogen (secondary N) is 1. The van der Waals surface area contributed by atoms with Gasteiger partial charge in [0.2, 0.25) is 11.8 Å². The number of sulfonamides is 1. The number of rotatable bonds is 12. The van der Waals surface area contributed by atoms with Crippen molar-refractivity contribution in [3.05, 3.63) is 94.1 Å². The molecule has 0 aliphatic carbocycles. The van der Waals surface area contributed by atoms with Gasteiger partial charge in [0.25, 0.3) is 10.0 Å². The summed E-state index contributed by atoms with van der Waals surface area (Å²) in [5, 5.41) is 2.94. The predicted molar refractivity (Wildman–Crippen MR) is 159 cm³/mol. The van der Waals surface area contributed by atoms with Gasteiger partial charge < -0.3 is 10.2 Å². The lowest BCUT2D eigenvalue weighted by molar-refractivity contribution is -0.139. The molecule has 2 amide bonds. The quantitative estimate of drug-likeness (QED) is 0.285. The first-order valence-electron chi connectivity index (χ1n) is 12.6. The number of amides is 2. The SMILES string of the molecule is CC[C@H](C)NC(=O)[C@H](C)N(CCc1ccccc1)C(=O)CN(c1ccc(I)cc1)S(=O)(=O)c1ccccc1. The molecule has 7 nitrogen and oxygen atoms in total. The van der Waals surface area contributed by atoms with E-state index < -0.39 is 28.5 Å². The Morgan fingerprint density at radius 1 is 0.895 bits per heavy atom. The Morgan fingerprint density at radius 2 is 1.47 bits per heavy atom. The molecule has 0 heterocycles. The van der Waals surface area contributed by atoms with Crippen LogP contribution in [0.5, 0.6) is 0 Å². The number of benzene rings is 3. The van der Waals surface area contributed by atoms with Crippen LogP contribution in [0.2, 0.25) is 0 Å². The van der Waals surface area contributed by atoms with Crippen molar-refractivity contribution in [3.8, 4) is 0 Å². The smallest absolute Gasteiger partial charge is 0.264 e. The zero-order chi connectivity index (χ0) is 27.7. The Morgan fingerprint density at radius 3 is 2.05 bits per heavy atom. The average Bonchev–Trinajstić information content (AvgIpc) is 2.93. The van der Waals surface area contributed by atoms with Crippen molar-refractivity contribution >= 4 is 50.1 Å². The standard InChI is InChI=1S/C29H34IN3O4S/c1-4-22(2)31-29(35)23(3)32(20-19-24-11-7-5-8-12-24)28(34)21-33(26-17-15-25(30)16-18-26)38(36,37)27-13-9-6-10-14-27/h5-18,22-23H,4,19-21H2,1-3H3,(H,31,35)/t22-,23-/m0/s1. The summed E-state index contributed by atoms with van der Waals surface area (Å²) < 4.78 is 29.5. The third-order valence-electron chi connectivity index (χ3n) is 6.38. The summed E-state index contributed by atoms with van der Waals surface area (Å²) in [7, 11) is -4.05. The Kier molecular flexibility index (Phi) is 10.7. The number of hydrogen-bond acceptors (Lipinski definition) is 4. The second-order valence-electron chi connectivity index (χ2n) is 9.12. The predicted octanol–water partition coefficient (Wildman–Crippen LogP) is 4.86. The van der Waals surface area contributed by atoms with Crippen LogP contribution in [-0.2, 0) is 26.0 Å². The van der Waals surface area contributed by atoms with Crippen LogP contribution in [0.3, 0.4) is 0 Å². The lowest BCUT2D eigenvalue weighted by Gasteiger charge is -2.32. The van der Waals surface area contributed by atoms with Gasteiger partial charge in [-0.1, -0.05) is 55.5 Å². The van der Waals surface area contributed by atoms with Crippen molar-refractivity contribution in [1.29, 1.82) is 0 Å². The molecule has 202 valence electrons. The average molecular weight is 648 g/mol. The van der Waals surface area contributed by atoms with E-state index in [-0.39, 0.29) is 23.4 Å². The fourth-order valence-electron chi connectivity index (χ4n) is 3.89. The molecule has 0 aliphatic rings. The van der Waals surface area contributed by atoms with Gasteiger partial charge in [0.1, 0.15) is 12.6 Å². The van der Waals surface area contributed by atoms with Crippen molar-refractivity contribution in [2.75, 3.05) is 17.4 Å². The molecule has 3 rings (SSSR count). The normalized spacial score (nSPS) is 12.8. The number of halogens is 1. The second-order valence-corrected chi connectivity index (χ2v) is 12.2. The van der Waals surface area contributed by atoms with Crippen LogP contribution in [0.25, 0.3) is 0 Å². The van der Waals surface area contributed by atoms with Gasteiger partial charge in [-0.15, -0.1) is 0 Å². The molecule has 0 unspecified atom stereocenters. The highest BCUT2D eigenvalue weighted by Gasteiger charge is 2.32. The number of nitrogens with zero attached hydrogens (tertiary/aromatic N) is 2. The summed E-state index contributed by atoms with van der Waals surface area (Å²) in [6.45, 7) is 5.39. The molecule has 0 fully saturated rings. The first-order chi connectivity index (χ1) is 18.1. The topological polar surface area (TPSA) is 86.8 Å². The summed E-state index contributed by atoms with van der Waals surface area (Å²) in [4.78, 5) is 28.4. The van der Waals surface area contributed by atoms with Crippen LogP contribution in [0.1, 0.15) is 32.8 Å². The molecule has 3 aromatic carbocycles. The van der Waals surface area contributed by atoms with Gasteiger partial charge in [0.05, 0.1) is 10.6 Å². The van der Waals surface area contributed by atoms with Crippen LogP contribution >= 0.6 is 22.6 Å². The molecule has 0 aromatic heterocycles. The lowest BCUT2D eigenvalue weighted by atomic mass is 10.1. The molecule has 2 atom stereocenters. The second kappa shape index (κ2) is 13.7. The van der Waals surface area contributed by atoms with E-state index in [9.17, 15) is 18.0 Å². The van der Waals surface area contributed by atoms with Gasteiger partial charge in [-0.2, -0.15) is 0 Å². The Labute approximate surface area is 239 Å². The summed E-state index contributed by atoms with van der Waals surface area (Å²) >= 11 is 2.15. The summed E-state index contributed by atoms with van der Waals surface area (Å²) in [6.07, 6.45) is 1.29. The van der Waals surface area contributed by atoms with Crippen LogP contribution < -0.4 is 9.62 Å². The maximum atomic E-state index is 13.8.